The second-order valence-electron chi connectivity index (χ2n) is 7.90. The molecular weight excluding hydrogens is 479 g/mol. The predicted molar refractivity (Wildman–Crippen MR) is 120 cm³/mol. The molecule has 1 aliphatic heterocycles. The standard InChI is InChI=1S/C18H34N4O3S.HI/c1-14-4-6-15(7-5-14)12-22(3)18(19-2)20-10-8-17(23)21-16-9-11-26(24,25)13-16;/h14-16H,4-13H2,1-3H3,(H,19,20)(H,21,23);1H. The normalized spacial score (nSPS) is 27.5. The van der Waals surface area contributed by atoms with Crippen LogP contribution in [0.1, 0.15) is 45.4 Å². The van der Waals surface area contributed by atoms with Gasteiger partial charge in [0.15, 0.2) is 15.8 Å². The van der Waals surface area contributed by atoms with Gasteiger partial charge in [0, 0.05) is 39.6 Å². The van der Waals surface area contributed by atoms with Crippen molar-refractivity contribution in [3.05, 3.63) is 0 Å². The van der Waals surface area contributed by atoms with Gasteiger partial charge < -0.3 is 15.5 Å². The van der Waals surface area contributed by atoms with Crippen LogP contribution in [0.3, 0.4) is 0 Å². The monoisotopic (exact) mass is 514 g/mol. The summed E-state index contributed by atoms with van der Waals surface area (Å²) in [4.78, 5) is 18.4. The van der Waals surface area contributed by atoms with E-state index in [1.807, 2.05) is 7.05 Å². The lowest BCUT2D eigenvalue weighted by atomic mass is 9.83. The van der Waals surface area contributed by atoms with Crippen molar-refractivity contribution in [3.8, 4) is 0 Å². The second-order valence-corrected chi connectivity index (χ2v) is 10.1. The van der Waals surface area contributed by atoms with E-state index in [4.69, 9.17) is 0 Å². The molecule has 0 aromatic carbocycles. The molecule has 2 aliphatic rings. The molecule has 1 unspecified atom stereocenters. The molecule has 2 fully saturated rings. The fourth-order valence-electron chi connectivity index (χ4n) is 3.87. The van der Waals surface area contributed by atoms with Crippen molar-refractivity contribution in [3.63, 3.8) is 0 Å². The lowest BCUT2D eigenvalue weighted by Gasteiger charge is -2.31. The van der Waals surface area contributed by atoms with Gasteiger partial charge in [-0.25, -0.2) is 8.42 Å². The van der Waals surface area contributed by atoms with Crippen LogP contribution in [0.25, 0.3) is 0 Å². The third-order valence-corrected chi connectivity index (χ3v) is 7.24. The zero-order chi connectivity index (χ0) is 19.2. The number of guanidine groups is 1. The maximum Gasteiger partial charge on any atom is 0.222 e. The number of carbonyl (C=O) groups excluding carboxylic acids is 1. The summed E-state index contributed by atoms with van der Waals surface area (Å²) < 4.78 is 22.9. The second kappa shape index (κ2) is 11.4. The highest BCUT2D eigenvalue weighted by Crippen LogP contribution is 2.28. The fourth-order valence-corrected chi connectivity index (χ4v) is 5.54. The molecule has 1 saturated heterocycles. The topological polar surface area (TPSA) is 90.9 Å². The molecule has 1 aliphatic carbocycles. The van der Waals surface area contributed by atoms with Crippen LogP contribution in [-0.4, -0.2) is 69.9 Å². The van der Waals surface area contributed by atoms with Gasteiger partial charge in [-0.15, -0.1) is 24.0 Å². The number of nitrogens with one attached hydrogen (secondary N) is 2. The van der Waals surface area contributed by atoms with Crippen LogP contribution in [0.15, 0.2) is 4.99 Å². The Morgan fingerprint density at radius 3 is 2.41 bits per heavy atom. The van der Waals surface area contributed by atoms with Crippen LogP contribution in [0.2, 0.25) is 0 Å². The van der Waals surface area contributed by atoms with Crippen molar-refractivity contribution in [2.75, 3.05) is 38.7 Å². The Morgan fingerprint density at radius 2 is 1.85 bits per heavy atom. The molecule has 0 spiro atoms. The van der Waals surface area contributed by atoms with Gasteiger partial charge in [-0.3, -0.25) is 9.79 Å². The van der Waals surface area contributed by atoms with E-state index in [9.17, 15) is 13.2 Å². The van der Waals surface area contributed by atoms with E-state index in [-0.39, 0.29) is 47.4 Å². The number of rotatable bonds is 6. The van der Waals surface area contributed by atoms with Crippen molar-refractivity contribution in [1.82, 2.24) is 15.5 Å². The van der Waals surface area contributed by atoms with Crippen molar-refractivity contribution in [1.29, 1.82) is 0 Å². The van der Waals surface area contributed by atoms with E-state index < -0.39 is 9.84 Å². The molecule has 27 heavy (non-hydrogen) atoms. The highest BCUT2D eigenvalue weighted by atomic mass is 127. The van der Waals surface area contributed by atoms with Gasteiger partial charge >= 0.3 is 0 Å². The lowest BCUT2D eigenvalue weighted by molar-refractivity contribution is -0.121. The van der Waals surface area contributed by atoms with Gasteiger partial charge in [0.2, 0.25) is 5.91 Å². The van der Waals surface area contributed by atoms with E-state index in [0.717, 1.165) is 18.4 Å². The molecule has 0 aromatic rings. The van der Waals surface area contributed by atoms with Gasteiger partial charge in [0.25, 0.3) is 0 Å². The summed E-state index contributed by atoms with van der Waals surface area (Å²) in [5, 5.41) is 6.05. The number of aliphatic imine (C=N–C) groups is 1. The summed E-state index contributed by atoms with van der Waals surface area (Å²) in [6.07, 6.45) is 5.99. The number of hydrogen-bond donors (Lipinski definition) is 2. The van der Waals surface area contributed by atoms with E-state index in [0.29, 0.717) is 25.3 Å². The largest absolute Gasteiger partial charge is 0.356 e. The van der Waals surface area contributed by atoms with Crippen LogP contribution >= 0.6 is 24.0 Å². The van der Waals surface area contributed by atoms with Gasteiger partial charge in [0.1, 0.15) is 0 Å². The SMILES string of the molecule is CN=C(NCCC(=O)NC1CCS(=O)(=O)C1)N(C)CC1CCC(C)CC1.I. The minimum absolute atomic E-state index is 0. The summed E-state index contributed by atoms with van der Waals surface area (Å²) in [5.41, 5.74) is 0. The molecule has 7 nitrogen and oxygen atoms in total. The Kier molecular flexibility index (Phi) is 10.4. The average Bonchev–Trinajstić information content (AvgIpc) is 2.92. The first-order chi connectivity index (χ1) is 12.3. The summed E-state index contributed by atoms with van der Waals surface area (Å²) in [5.74, 6) is 2.49. The van der Waals surface area contributed by atoms with Crippen LogP contribution in [-0.2, 0) is 14.6 Å². The third kappa shape index (κ3) is 8.53. The molecule has 0 bridgehead atoms. The fraction of sp³-hybridized carbons (Fsp3) is 0.889. The van der Waals surface area contributed by atoms with Crippen LogP contribution in [0, 0.1) is 11.8 Å². The van der Waals surface area contributed by atoms with E-state index in [1.54, 1.807) is 7.05 Å². The zero-order valence-electron chi connectivity index (χ0n) is 16.7. The summed E-state index contributed by atoms with van der Waals surface area (Å²) in [6.45, 7) is 3.80. The Balaban J connectivity index is 0.00000364. The lowest BCUT2D eigenvalue weighted by Crippen LogP contribution is -2.43. The van der Waals surface area contributed by atoms with Gasteiger partial charge in [-0.05, 0) is 31.1 Å². The third-order valence-electron chi connectivity index (χ3n) is 5.47. The first-order valence-corrected chi connectivity index (χ1v) is 11.5. The van der Waals surface area contributed by atoms with Crippen LogP contribution in [0.4, 0.5) is 0 Å². The average molecular weight is 514 g/mol. The first-order valence-electron chi connectivity index (χ1n) is 9.70. The molecule has 1 amide bonds. The molecule has 2 N–H and O–H groups in total. The summed E-state index contributed by atoms with van der Waals surface area (Å²) in [6, 6.07) is -0.233. The summed E-state index contributed by atoms with van der Waals surface area (Å²) >= 11 is 0. The zero-order valence-corrected chi connectivity index (χ0v) is 19.9. The molecule has 1 saturated carbocycles. The molecule has 1 atom stereocenters. The number of hydrogen-bond acceptors (Lipinski definition) is 4. The minimum Gasteiger partial charge on any atom is -0.356 e. The van der Waals surface area contributed by atoms with Crippen molar-refractivity contribution < 1.29 is 13.2 Å². The Hall–Kier alpha value is -0.580. The number of nitrogens with zero attached hydrogens (tertiary/aromatic N) is 2. The van der Waals surface area contributed by atoms with Crippen LogP contribution < -0.4 is 10.6 Å². The van der Waals surface area contributed by atoms with Gasteiger partial charge in [-0.2, -0.15) is 0 Å². The van der Waals surface area contributed by atoms with E-state index in [1.165, 1.54) is 25.7 Å². The maximum atomic E-state index is 12.0. The smallest absolute Gasteiger partial charge is 0.222 e. The van der Waals surface area contributed by atoms with E-state index >= 15 is 0 Å². The van der Waals surface area contributed by atoms with Crippen LogP contribution in [0.5, 0.6) is 0 Å². The molecule has 0 aromatic heterocycles. The Labute approximate surface area is 181 Å². The van der Waals surface area contributed by atoms with Crippen molar-refractivity contribution >= 4 is 45.7 Å². The molecule has 9 heteroatoms. The highest BCUT2D eigenvalue weighted by Gasteiger charge is 2.28. The molecular formula is C18H35IN4O3S. The number of sulfone groups is 1. The Bertz CT molecular complexity index is 604. The number of carbonyl (C=O) groups is 1. The van der Waals surface area contributed by atoms with Crippen molar-refractivity contribution in [2.45, 2.75) is 51.5 Å². The van der Waals surface area contributed by atoms with Crippen molar-refractivity contribution in [2.24, 2.45) is 16.8 Å². The maximum absolute atomic E-state index is 12.0. The highest BCUT2D eigenvalue weighted by molar-refractivity contribution is 14.0. The van der Waals surface area contributed by atoms with Gasteiger partial charge in [0.05, 0.1) is 11.5 Å². The molecule has 158 valence electrons. The van der Waals surface area contributed by atoms with Gasteiger partial charge in [-0.1, -0.05) is 19.8 Å². The first kappa shape index (κ1) is 24.5. The Morgan fingerprint density at radius 1 is 1.19 bits per heavy atom. The van der Waals surface area contributed by atoms with E-state index in [2.05, 4.69) is 27.4 Å². The molecule has 1 heterocycles. The predicted octanol–water partition coefficient (Wildman–Crippen LogP) is 1.63. The molecule has 0 radical (unpaired) electrons. The number of amides is 1. The summed E-state index contributed by atoms with van der Waals surface area (Å²) in [7, 11) is 0.830. The number of halogens is 1. The quantitative estimate of drug-likeness (QED) is 0.320. The molecule has 2 rings (SSSR count). The minimum atomic E-state index is -2.96.